The number of nitrogens with zero attached hydrogens (tertiary/aromatic N) is 1. The third kappa shape index (κ3) is 2.72. The number of thioether (sulfide) groups is 1. The molecular formula is C12H17FN2O3S2. The van der Waals surface area contributed by atoms with E-state index < -0.39 is 15.8 Å². The van der Waals surface area contributed by atoms with Crippen LogP contribution in [-0.2, 0) is 10.0 Å². The standard InChI is InChI=1S/C12H17FN2O3S2/c1-8-7-19-4-3-15(8)20(16,17)9-5-10(13)12(18-2)11(14)6-9/h5-6,8H,3-4,7,14H2,1-2H3. The Kier molecular flexibility index (Phi) is 4.46. The van der Waals surface area contributed by atoms with E-state index in [1.807, 2.05) is 6.92 Å². The first-order chi connectivity index (χ1) is 9.37. The predicted octanol–water partition coefficient (Wildman–Crippen LogP) is 1.54. The van der Waals surface area contributed by atoms with Crippen molar-refractivity contribution in [3.8, 4) is 5.75 Å². The van der Waals surface area contributed by atoms with Gasteiger partial charge in [-0.2, -0.15) is 16.1 Å². The van der Waals surface area contributed by atoms with Gasteiger partial charge in [-0.3, -0.25) is 0 Å². The molecule has 0 amide bonds. The maximum Gasteiger partial charge on any atom is 0.243 e. The van der Waals surface area contributed by atoms with Gasteiger partial charge in [-0.25, -0.2) is 12.8 Å². The topological polar surface area (TPSA) is 72.6 Å². The Morgan fingerprint density at radius 3 is 2.75 bits per heavy atom. The average Bonchev–Trinajstić information content (AvgIpc) is 2.38. The monoisotopic (exact) mass is 320 g/mol. The van der Waals surface area contributed by atoms with Crippen LogP contribution >= 0.6 is 11.8 Å². The molecule has 112 valence electrons. The minimum absolute atomic E-state index is 0.0230. The van der Waals surface area contributed by atoms with Crippen LogP contribution in [0.4, 0.5) is 10.1 Å². The molecule has 1 aromatic rings. The molecule has 1 aromatic carbocycles. The Balaban J connectivity index is 2.44. The number of benzene rings is 1. The van der Waals surface area contributed by atoms with Crippen molar-refractivity contribution in [3.63, 3.8) is 0 Å². The second-order valence-electron chi connectivity index (χ2n) is 4.57. The molecule has 1 heterocycles. The van der Waals surface area contributed by atoms with Crippen LogP contribution in [0.5, 0.6) is 5.75 Å². The molecule has 5 nitrogen and oxygen atoms in total. The van der Waals surface area contributed by atoms with Gasteiger partial charge in [0.05, 0.1) is 17.7 Å². The van der Waals surface area contributed by atoms with Crippen LogP contribution in [0.25, 0.3) is 0 Å². The van der Waals surface area contributed by atoms with Crippen molar-refractivity contribution < 1.29 is 17.5 Å². The van der Waals surface area contributed by atoms with Crippen molar-refractivity contribution in [1.29, 1.82) is 0 Å². The summed E-state index contributed by atoms with van der Waals surface area (Å²) in [7, 11) is -2.45. The third-order valence-electron chi connectivity index (χ3n) is 3.16. The molecule has 2 rings (SSSR count). The van der Waals surface area contributed by atoms with E-state index in [1.54, 1.807) is 11.8 Å². The molecule has 0 aromatic heterocycles. The van der Waals surface area contributed by atoms with Gasteiger partial charge in [0, 0.05) is 24.1 Å². The Bertz CT molecular complexity index is 584. The van der Waals surface area contributed by atoms with Gasteiger partial charge in [0.2, 0.25) is 10.0 Å². The number of nitrogens with two attached hydrogens (primary N) is 1. The fourth-order valence-corrected chi connectivity index (χ4v) is 5.06. The third-order valence-corrected chi connectivity index (χ3v) is 6.34. The van der Waals surface area contributed by atoms with E-state index in [0.29, 0.717) is 6.54 Å². The number of hydrogen-bond acceptors (Lipinski definition) is 5. The summed E-state index contributed by atoms with van der Waals surface area (Å²) < 4.78 is 45.1. The smallest absolute Gasteiger partial charge is 0.243 e. The van der Waals surface area contributed by atoms with Gasteiger partial charge >= 0.3 is 0 Å². The first-order valence-corrected chi connectivity index (χ1v) is 8.70. The summed E-state index contributed by atoms with van der Waals surface area (Å²) in [5.41, 5.74) is 5.62. The number of nitrogen functional groups attached to an aromatic ring is 1. The van der Waals surface area contributed by atoms with Crippen LogP contribution < -0.4 is 10.5 Å². The number of anilines is 1. The fourth-order valence-electron chi connectivity index (χ4n) is 2.16. The maximum atomic E-state index is 13.8. The molecule has 0 aliphatic carbocycles. The number of hydrogen-bond donors (Lipinski definition) is 1. The number of halogens is 1. The average molecular weight is 320 g/mol. The lowest BCUT2D eigenvalue weighted by Crippen LogP contribution is -2.44. The van der Waals surface area contributed by atoms with Gasteiger partial charge in [0.1, 0.15) is 0 Å². The first kappa shape index (κ1) is 15.4. The molecule has 8 heteroatoms. The molecule has 1 fully saturated rings. The van der Waals surface area contributed by atoms with Gasteiger partial charge < -0.3 is 10.5 Å². The molecule has 1 aliphatic heterocycles. The molecule has 1 aliphatic rings. The van der Waals surface area contributed by atoms with E-state index in [0.717, 1.165) is 17.6 Å². The molecule has 1 atom stereocenters. The van der Waals surface area contributed by atoms with Crippen molar-refractivity contribution in [3.05, 3.63) is 17.9 Å². The van der Waals surface area contributed by atoms with Crippen molar-refractivity contribution in [2.24, 2.45) is 0 Å². The molecule has 0 saturated carbocycles. The molecule has 1 unspecified atom stereocenters. The molecule has 20 heavy (non-hydrogen) atoms. The Hall–Kier alpha value is -0.990. The van der Waals surface area contributed by atoms with E-state index in [-0.39, 0.29) is 22.4 Å². The van der Waals surface area contributed by atoms with E-state index in [9.17, 15) is 12.8 Å². The number of sulfonamides is 1. The van der Waals surface area contributed by atoms with Gasteiger partial charge in [-0.05, 0) is 19.1 Å². The van der Waals surface area contributed by atoms with Crippen LogP contribution in [0.15, 0.2) is 17.0 Å². The lowest BCUT2D eigenvalue weighted by molar-refractivity contribution is 0.366. The second kappa shape index (κ2) is 5.79. The number of ether oxygens (including phenoxy) is 1. The van der Waals surface area contributed by atoms with E-state index in [4.69, 9.17) is 10.5 Å². The normalized spacial score (nSPS) is 20.9. The Morgan fingerprint density at radius 2 is 2.20 bits per heavy atom. The molecule has 2 N–H and O–H groups in total. The number of methoxy groups -OCH3 is 1. The maximum absolute atomic E-state index is 13.8. The highest BCUT2D eigenvalue weighted by Gasteiger charge is 2.32. The predicted molar refractivity (Wildman–Crippen MR) is 78.0 cm³/mol. The van der Waals surface area contributed by atoms with Crippen molar-refractivity contribution in [2.75, 3.05) is 30.9 Å². The zero-order valence-corrected chi connectivity index (χ0v) is 12.9. The quantitative estimate of drug-likeness (QED) is 0.855. The van der Waals surface area contributed by atoms with E-state index in [2.05, 4.69) is 0 Å². The van der Waals surface area contributed by atoms with Gasteiger partial charge in [0.25, 0.3) is 0 Å². The van der Waals surface area contributed by atoms with E-state index >= 15 is 0 Å². The minimum atomic E-state index is -3.74. The van der Waals surface area contributed by atoms with Crippen LogP contribution in [0, 0.1) is 5.82 Å². The number of rotatable bonds is 3. The largest absolute Gasteiger partial charge is 0.492 e. The summed E-state index contributed by atoms with van der Waals surface area (Å²) in [5.74, 6) is 0.557. The van der Waals surface area contributed by atoms with Crippen molar-refractivity contribution >= 4 is 27.5 Å². The zero-order valence-electron chi connectivity index (χ0n) is 11.3. The summed E-state index contributed by atoms with van der Waals surface area (Å²) in [6.07, 6.45) is 0. The molecule has 0 radical (unpaired) electrons. The van der Waals surface area contributed by atoms with Gasteiger partial charge in [-0.15, -0.1) is 0 Å². The summed E-state index contributed by atoms with van der Waals surface area (Å²) in [5, 5.41) is 0. The highest BCUT2D eigenvalue weighted by molar-refractivity contribution is 7.99. The Morgan fingerprint density at radius 1 is 1.50 bits per heavy atom. The first-order valence-electron chi connectivity index (χ1n) is 6.10. The molecule has 0 spiro atoms. The lowest BCUT2D eigenvalue weighted by atomic mass is 10.3. The molecule has 0 bridgehead atoms. The van der Waals surface area contributed by atoms with Crippen LogP contribution in [0.3, 0.4) is 0 Å². The summed E-state index contributed by atoms with van der Waals surface area (Å²) in [6.45, 7) is 2.26. The van der Waals surface area contributed by atoms with Gasteiger partial charge in [-0.1, -0.05) is 0 Å². The summed E-state index contributed by atoms with van der Waals surface area (Å²) >= 11 is 1.71. The zero-order chi connectivity index (χ0) is 14.9. The highest BCUT2D eigenvalue weighted by Crippen LogP contribution is 2.31. The summed E-state index contributed by atoms with van der Waals surface area (Å²) in [4.78, 5) is -0.132. The van der Waals surface area contributed by atoms with Crippen molar-refractivity contribution in [2.45, 2.75) is 17.9 Å². The molecule has 1 saturated heterocycles. The lowest BCUT2D eigenvalue weighted by Gasteiger charge is -2.32. The summed E-state index contributed by atoms with van der Waals surface area (Å²) in [6, 6.07) is 2.08. The van der Waals surface area contributed by atoms with Gasteiger partial charge in [0.15, 0.2) is 11.6 Å². The second-order valence-corrected chi connectivity index (χ2v) is 7.61. The highest BCUT2D eigenvalue weighted by atomic mass is 32.2. The van der Waals surface area contributed by atoms with Crippen LogP contribution in [0.1, 0.15) is 6.92 Å². The molecular weight excluding hydrogens is 303 g/mol. The van der Waals surface area contributed by atoms with Crippen LogP contribution in [-0.4, -0.2) is 43.9 Å². The van der Waals surface area contributed by atoms with E-state index in [1.165, 1.54) is 17.5 Å². The minimum Gasteiger partial charge on any atom is -0.492 e. The SMILES string of the molecule is COc1c(N)cc(S(=O)(=O)N2CCSCC2C)cc1F. The Labute approximate surface area is 122 Å². The van der Waals surface area contributed by atoms with Crippen molar-refractivity contribution in [1.82, 2.24) is 4.31 Å². The fraction of sp³-hybridized carbons (Fsp3) is 0.500. The van der Waals surface area contributed by atoms with Crippen LogP contribution in [0.2, 0.25) is 0 Å².